The van der Waals surface area contributed by atoms with Crippen molar-refractivity contribution < 1.29 is 13.2 Å². The molecule has 1 amide bonds. The quantitative estimate of drug-likeness (QED) is 0.316. The van der Waals surface area contributed by atoms with E-state index in [9.17, 15) is 13.2 Å². The van der Waals surface area contributed by atoms with Gasteiger partial charge in [0.2, 0.25) is 5.91 Å². The zero-order valence-electron chi connectivity index (χ0n) is 16.3. The van der Waals surface area contributed by atoms with Gasteiger partial charge in [-0.3, -0.25) is 10.2 Å². The summed E-state index contributed by atoms with van der Waals surface area (Å²) in [5.74, 6) is -0.315. The Kier molecular flexibility index (Phi) is 7.24. The highest BCUT2D eigenvalue weighted by atomic mass is 35.5. The first kappa shape index (κ1) is 22.7. The third kappa shape index (κ3) is 6.02. The monoisotopic (exact) mass is 474 g/mol. The van der Waals surface area contributed by atoms with Gasteiger partial charge in [0.05, 0.1) is 15.6 Å². The predicted octanol–water partition coefficient (Wildman–Crippen LogP) is 4.15. The molecule has 0 unspecified atom stereocenters. The lowest BCUT2D eigenvalue weighted by atomic mass is 10.0. The van der Waals surface area contributed by atoms with Gasteiger partial charge in [-0.05, 0) is 42.0 Å². The highest BCUT2D eigenvalue weighted by molar-refractivity contribution is 7.89. The molecule has 0 aliphatic heterocycles. The average molecular weight is 475 g/mol. The zero-order valence-corrected chi connectivity index (χ0v) is 18.7. The van der Waals surface area contributed by atoms with Gasteiger partial charge in [-0.2, -0.15) is 0 Å². The summed E-state index contributed by atoms with van der Waals surface area (Å²) in [6.45, 7) is 1.33. The molecular formula is C21H19ClN4O3S2. The van der Waals surface area contributed by atoms with Gasteiger partial charge < -0.3 is 10.6 Å². The predicted molar refractivity (Wildman–Crippen MR) is 127 cm³/mol. The topological polar surface area (TPSA) is 99.3 Å². The van der Waals surface area contributed by atoms with E-state index < -0.39 is 10.0 Å². The molecule has 0 aliphatic carbocycles. The van der Waals surface area contributed by atoms with Crippen molar-refractivity contribution in [3.63, 3.8) is 0 Å². The Hall–Kier alpha value is -2.98. The standard InChI is InChI=1S/C21H19ClN4O3S2/c1-14(27)23-20-12-11-16(13-18(20)22)31(28,29)26-25-21(30)24-19-10-6-5-9-17(19)15-7-3-2-4-8-15/h2-13,26H,1H3,(H,23,27)(H2,24,25,30). The lowest BCUT2D eigenvalue weighted by Gasteiger charge is -2.15. The van der Waals surface area contributed by atoms with E-state index in [0.29, 0.717) is 11.4 Å². The second kappa shape index (κ2) is 9.88. The van der Waals surface area contributed by atoms with Crippen LogP contribution in [0.25, 0.3) is 11.1 Å². The van der Waals surface area contributed by atoms with Crippen LogP contribution in [0, 0.1) is 0 Å². The Morgan fingerprint density at radius 2 is 1.58 bits per heavy atom. The summed E-state index contributed by atoms with van der Waals surface area (Å²) in [5.41, 5.74) is 5.42. The number of amides is 1. The lowest BCUT2D eigenvalue weighted by molar-refractivity contribution is -0.114. The summed E-state index contributed by atoms with van der Waals surface area (Å²) in [7, 11) is -3.96. The molecule has 160 valence electrons. The number of hydrogen-bond donors (Lipinski definition) is 4. The normalized spacial score (nSPS) is 10.9. The minimum atomic E-state index is -3.96. The third-order valence-electron chi connectivity index (χ3n) is 4.12. The number of sulfonamides is 1. The fourth-order valence-electron chi connectivity index (χ4n) is 2.74. The molecule has 0 fully saturated rings. The summed E-state index contributed by atoms with van der Waals surface area (Å²) in [6, 6.07) is 21.2. The van der Waals surface area contributed by atoms with Crippen molar-refractivity contribution in [2.45, 2.75) is 11.8 Å². The summed E-state index contributed by atoms with van der Waals surface area (Å²) < 4.78 is 25.1. The second-order valence-electron chi connectivity index (χ2n) is 6.42. The molecule has 0 saturated carbocycles. The van der Waals surface area contributed by atoms with Crippen LogP contribution in [0.2, 0.25) is 5.02 Å². The summed E-state index contributed by atoms with van der Waals surface area (Å²) in [4.78, 5) is 13.3. The Bertz CT molecular complexity index is 1220. The molecule has 3 rings (SSSR count). The molecule has 3 aromatic rings. The van der Waals surface area contributed by atoms with Crippen molar-refractivity contribution in [2.75, 3.05) is 10.6 Å². The third-order valence-corrected chi connectivity index (χ3v) is 5.88. The van der Waals surface area contributed by atoms with Gasteiger partial charge in [0.25, 0.3) is 10.0 Å². The van der Waals surface area contributed by atoms with E-state index in [1.165, 1.54) is 25.1 Å². The first-order valence-electron chi connectivity index (χ1n) is 9.06. The van der Waals surface area contributed by atoms with Crippen LogP contribution in [0.5, 0.6) is 0 Å². The number of thiocarbonyl (C=S) groups is 1. The van der Waals surface area contributed by atoms with Crippen LogP contribution >= 0.6 is 23.8 Å². The van der Waals surface area contributed by atoms with Gasteiger partial charge in [0.1, 0.15) is 0 Å². The smallest absolute Gasteiger partial charge is 0.257 e. The van der Waals surface area contributed by atoms with Crippen LogP contribution in [-0.2, 0) is 14.8 Å². The molecule has 0 aliphatic rings. The number of hydrazine groups is 1. The maximum absolute atomic E-state index is 12.6. The maximum Gasteiger partial charge on any atom is 0.257 e. The molecule has 0 radical (unpaired) electrons. The molecular weight excluding hydrogens is 456 g/mol. The number of benzene rings is 3. The van der Waals surface area contributed by atoms with E-state index in [2.05, 4.69) is 20.9 Å². The number of anilines is 2. The van der Waals surface area contributed by atoms with Crippen LogP contribution in [0.15, 0.2) is 77.7 Å². The molecule has 0 bridgehead atoms. The van der Waals surface area contributed by atoms with Crippen LogP contribution in [-0.4, -0.2) is 19.4 Å². The molecule has 3 aromatic carbocycles. The summed E-state index contributed by atoms with van der Waals surface area (Å²) in [5, 5.41) is 5.67. The van der Waals surface area contributed by atoms with Gasteiger partial charge in [-0.15, -0.1) is 4.83 Å². The van der Waals surface area contributed by atoms with Gasteiger partial charge in [-0.1, -0.05) is 60.1 Å². The minimum Gasteiger partial charge on any atom is -0.331 e. The number of nitrogens with one attached hydrogen (secondary N) is 4. The van der Waals surface area contributed by atoms with E-state index in [-0.39, 0.29) is 20.9 Å². The van der Waals surface area contributed by atoms with E-state index >= 15 is 0 Å². The molecule has 0 atom stereocenters. The van der Waals surface area contributed by atoms with E-state index in [1.54, 1.807) is 0 Å². The van der Waals surface area contributed by atoms with Gasteiger partial charge in [0, 0.05) is 18.2 Å². The van der Waals surface area contributed by atoms with Crippen molar-refractivity contribution >= 4 is 56.2 Å². The van der Waals surface area contributed by atoms with Crippen LogP contribution in [0.3, 0.4) is 0 Å². The Morgan fingerprint density at radius 3 is 2.26 bits per heavy atom. The molecule has 4 N–H and O–H groups in total. The minimum absolute atomic E-state index is 0.0629. The number of carbonyl (C=O) groups excluding carboxylic acids is 1. The fraction of sp³-hybridized carbons (Fsp3) is 0.0476. The van der Waals surface area contributed by atoms with Crippen molar-refractivity contribution in [1.29, 1.82) is 0 Å². The number of carbonyl (C=O) groups is 1. The highest BCUT2D eigenvalue weighted by Gasteiger charge is 2.17. The Morgan fingerprint density at radius 1 is 0.903 bits per heavy atom. The first-order valence-corrected chi connectivity index (χ1v) is 11.3. The Balaban J connectivity index is 1.69. The number of rotatable bonds is 6. The fourth-order valence-corrected chi connectivity index (χ4v) is 4.13. The van der Waals surface area contributed by atoms with E-state index in [1.807, 2.05) is 54.6 Å². The number of hydrogen-bond acceptors (Lipinski definition) is 4. The van der Waals surface area contributed by atoms with Gasteiger partial charge >= 0.3 is 0 Å². The molecule has 10 heteroatoms. The zero-order chi connectivity index (χ0) is 22.4. The summed E-state index contributed by atoms with van der Waals surface area (Å²) in [6.07, 6.45) is 0. The maximum atomic E-state index is 12.6. The molecule has 31 heavy (non-hydrogen) atoms. The molecule has 7 nitrogen and oxygen atoms in total. The lowest BCUT2D eigenvalue weighted by Crippen LogP contribution is -2.43. The average Bonchev–Trinajstić information content (AvgIpc) is 2.74. The first-order chi connectivity index (χ1) is 14.8. The van der Waals surface area contributed by atoms with Gasteiger partial charge in [-0.25, -0.2) is 8.42 Å². The molecule has 0 heterocycles. The van der Waals surface area contributed by atoms with Crippen LogP contribution in [0.4, 0.5) is 11.4 Å². The molecule has 0 spiro atoms. The van der Waals surface area contributed by atoms with E-state index in [0.717, 1.165) is 11.1 Å². The molecule has 0 saturated heterocycles. The Labute approximate surface area is 190 Å². The van der Waals surface area contributed by atoms with Crippen molar-refractivity contribution in [2.24, 2.45) is 0 Å². The molecule has 0 aromatic heterocycles. The van der Waals surface area contributed by atoms with E-state index in [4.69, 9.17) is 23.8 Å². The largest absolute Gasteiger partial charge is 0.331 e. The van der Waals surface area contributed by atoms with Crippen molar-refractivity contribution in [3.05, 3.63) is 77.8 Å². The van der Waals surface area contributed by atoms with Gasteiger partial charge in [0.15, 0.2) is 5.11 Å². The number of halogens is 1. The van der Waals surface area contributed by atoms with Crippen molar-refractivity contribution in [1.82, 2.24) is 10.3 Å². The van der Waals surface area contributed by atoms with Crippen LogP contribution in [0.1, 0.15) is 6.92 Å². The highest BCUT2D eigenvalue weighted by Crippen LogP contribution is 2.27. The SMILES string of the molecule is CC(=O)Nc1ccc(S(=O)(=O)NNC(=S)Nc2ccccc2-c2ccccc2)cc1Cl. The van der Waals surface area contributed by atoms with Crippen LogP contribution < -0.4 is 20.9 Å². The number of para-hydroxylation sites is 1. The van der Waals surface area contributed by atoms with Crippen molar-refractivity contribution in [3.8, 4) is 11.1 Å². The summed E-state index contributed by atoms with van der Waals surface area (Å²) >= 11 is 11.3. The second-order valence-corrected chi connectivity index (χ2v) is 8.92.